The maximum Gasteiger partial charge on any atom is 0.373 e. The number of methoxy groups -OCH3 is 1. The molecule has 4 heteroatoms. The molecule has 0 bridgehead atoms. The first-order valence-electron chi connectivity index (χ1n) is 6.11. The van der Waals surface area contributed by atoms with Gasteiger partial charge in [0.1, 0.15) is 11.9 Å². The molecule has 2 unspecified atom stereocenters. The maximum absolute atomic E-state index is 11.2. The zero-order valence-electron chi connectivity index (χ0n) is 11.7. The summed E-state index contributed by atoms with van der Waals surface area (Å²) in [7, 11) is 1.29. The molecule has 4 nitrogen and oxygen atoms in total. The van der Waals surface area contributed by atoms with Crippen molar-refractivity contribution in [3.8, 4) is 0 Å². The lowest BCUT2D eigenvalue weighted by Gasteiger charge is -2.28. The first-order valence-corrected chi connectivity index (χ1v) is 6.11. The summed E-state index contributed by atoms with van der Waals surface area (Å²) < 4.78 is 9.84. The van der Waals surface area contributed by atoms with Crippen molar-refractivity contribution in [3.05, 3.63) is 23.7 Å². The highest BCUT2D eigenvalue weighted by Crippen LogP contribution is 2.33. The molecule has 102 valence electrons. The van der Waals surface area contributed by atoms with Crippen LogP contribution in [0.15, 0.2) is 16.5 Å². The van der Waals surface area contributed by atoms with Gasteiger partial charge < -0.3 is 14.3 Å². The van der Waals surface area contributed by atoms with Crippen LogP contribution < -0.4 is 0 Å². The van der Waals surface area contributed by atoms with Crippen LogP contribution in [-0.4, -0.2) is 18.2 Å². The first-order chi connectivity index (χ1) is 8.25. The van der Waals surface area contributed by atoms with E-state index in [1.54, 1.807) is 6.07 Å². The average molecular weight is 254 g/mol. The molecule has 1 rings (SSSR count). The van der Waals surface area contributed by atoms with Gasteiger partial charge in [-0.25, -0.2) is 4.79 Å². The third-order valence-corrected chi connectivity index (χ3v) is 3.40. The number of esters is 1. The van der Waals surface area contributed by atoms with E-state index in [-0.39, 0.29) is 11.2 Å². The summed E-state index contributed by atoms with van der Waals surface area (Å²) in [5.74, 6) is 0.331. The molecular formula is C14H22O4. The summed E-state index contributed by atoms with van der Waals surface area (Å²) in [4.78, 5) is 11.2. The summed E-state index contributed by atoms with van der Waals surface area (Å²) in [6.07, 6.45) is -0.102. The number of hydrogen-bond acceptors (Lipinski definition) is 4. The van der Waals surface area contributed by atoms with Gasteiger partial charge >= 0.3 is 5.97 Å². The fraction of sp³-hybridized carbons (Fsp3) is 0.643. The van der Waals surface area contributed by atoms with Gasteiger partial charge in [0, 0.05) is 0 Å². The number of hydrogen-bond donors (Lipinski definition) is 1. The van der Waals surface area contributed by atoms with E-state index >= 15 is 0 Å². The number of carbonyl (C=O) groups excluding carboxylic acids is 1. The average Bonchev–Trinajstić information content (AvgIpc) is 2.75. The lowest BCUT2D eigenvalue weighted by molar-refractivity contribution is 0.0544. The van der Waals surface area contributed by atoms with Gasteiger partial charge in [0.05, 0.1) is 7.11 Å². The van der Waals surface area contributed by atoms with Crippen LogP contribution in [0.4, 0.5) is 0 Å². The van der Waals surface area contributed by atoms with Gasteiger partial charge in [0.2, 0.25) is 5.76 Å². The minimum atomic E-state index is -0.697. The molecule has 0 spiro atoms. The Labute approximate surface area is 108 Å². The van der Waals surface area contributed by atoms with Crippen LogP contribution in [-0.2, 0) is 4.74 Å². The third-order valence-electron chi connectivity index (χ3n) is 3.40. The monoisotopic (exact) mass is 254 g/mol. The molecule has 0 aliphatic heterocycles. The van der Waals surface area contributed by atoms with Gasteiger partial charge in [-0.1, -0.05) is 27.7 Å². The molecule has 18 heavy (non-hydrogen) atoms. The molecule has 0 radical (unpaired) electrons. The molecule has 0 aliphatic rings. The quantitative estimate of drug-likeness (QED) is 0.838. The SMILES string of the molecule is COC(=O)c1ccc(C(O)CC(C)C(C)(C)C)o1. The summed E-state index contributed by atoms with van der Waals surface area (Å²) in [6.45, 7) is 8.48. The van der Waals surface area contributed by atoms with E-state index in [1.807, 2.05) is 0 Å². The maximum atomic E-state index is 11.2. The zero-order chi connectivity index (χ0) is 13.9. The Morgan fingerprint density at radius 3 is 2.56 bits per heavy atom. The van der Waals surface area contributed by atoms with E-state index in [2.05, 4.69) is 32.4 Å². The standard InChI is InChI=1S/C14H22O4/c1-9(14(2,3)4)8-10(15)11-6-7-12(18-11)13(16)17-5/h6-7,9-10,15H,8H2,1-5H3. The van der Waals surface area contributed by atoms with Crippen molar-refractivity contribution in [2.45, 2.75) is 40.2 Å². The second-order valence-electron chi connectivity index (χ2n) is 5.71. The van der Waals surface area contributed by atoms with Crippen molar-refractivity contribution in [1.82, 2.24) is 0 Å². The van der Waals surface area contributed by atoms with E-state index in [9.17, 15) is 9.90 Å². The molecule has 1 heterocycles. The van der Waals surface area contributed by atoms with Gasteiger partial charge in [0.25, 0.3) is 0 Å². The van der Waals surface area contributed by atoms with E-state index in [0.29, 0.717) is 18.1 Å². The highest BCUT2D eigenvalue weighted by molar-refractivity contribution is 5.86. The fourth-order valence-electron chi connectivity index (χ4n) is 1.55. The Hall–Kier alpha value is -1.29. The summed E-state index contributed by atoms with van der Waals surface area (Å²) in [5, 5.41) is 10.1. The highest BCUT2D eigenvalue weighted by atomic mass is 16.5. The molecule has 2 atom stereocenters. The van der Waals surface area contributed by atoms with Crippen molar-refractivity contribution in [2.24, 2.45) is 11.3 Å². The van der Waals surface area contributed by atoms with E-state index < -0.39 is 12.1 Å². The molecule has 0 aromatic carbocycles. The number of ether oxygens (including phenoxy) is 1. The highest BCUT2D eigenvalue weighted by Gasteiger charge is 2.25. The second kappa shape index (κ2) is 5.57. The van der Waals surface area contributed by atoms with Crippen LogP contribution in [0.1, 0.15) is 56.5 Å². The Balaban J connectivity index is 2.70. The van der Waals surface area contributed by atoms with Crippen molar-refractivity contribution in [3.63, 3.8) is 0 Å². The first kappa shape index (κ1) is 14.8. The summed E-state index contributed by atoms with van der Waals surface area (Å²) in [6, 6.07) is 3.14. The lowest BCUT2D eigenvalue weighted by atomic mass is 9.79. The van der Waals surface area contributed by atoms with Crippen LogP contribution in [0, 0.1) is 11.3 Å². The Morgan fingerprint density at radius 2 is 2.06 bits per heavy atom. The van der Waals surface area contributed by atoms with Crippen molar-refractivity contribution in [2.75, 3.05) is 7.11 Å². The van der Waals surface area contributed by atoms with E-state index in [0.717, 1.165) is 0 Å². The largest absolute Gasteiger partial charge is 0.463 e. The van der Waals surface area contributed by atoms with Gasteiger partial charge in [-0.2, -0.15) is 0 Å². The van der Waals surface area contributed by atoms with Crippen molar-refractivity contribution in [1.29, 1.82) is 0 Å². The predicted octanol–water partition coefficient (Wildman–Crippen LogP) is 3.17. The van der Waals surface area contributed by atoms with Gasteiger partial charge in [-0.3, -0.25) is 0 Å². The number of rotatable bonds is 4. The second-order valence-corrected chi connectivity index (χ2v) is 5.71. The minimum Gasteiger partial charge on any atom is -0.463 e. The lowest BCUT2D eigenvalue weighted by Crippen LogP contribution is -2.19. The number of aliphatic hydroxyl groups excluding tert-OH is 1. The Morgan fingerprint density at radius 1 is 1.44 bits per heavy atom. The van der Waals surface area contributed by atoms with Crippen molar-refractivity contribution < 1.29 is 19.1 Å². The van der Waals surface area contributed by atoms with Crippen LogP contribution >= 0.6 is 0 Å². The number of furan rings is 1. The molecule has 0 fully saturated rings. The molecular weight excluding hydrogens is 232 g/mol. The van der Waals surface area contributed by atoms with Crippen molar-refractivity contribution >= 4 is 5.97 Å². The number of aliphatic hydroxyl groups is 1. The predicted molar refractivity (Wildman–Crippen MR) is 68.2 cm³/mol. The fourth-order valence-corrected chi connectivity index (χ4v) is 1.55. The molecule has 0 saturated heterocycles. The van der Waals surface area contributed by atoms with Crippen LogP contribution in [0.5, 0.6) is 0 Å². The van der Waals surface area contributed by atoms with Crippen LogP contribution in [0.3, 0.4) is 0 Å². The molecule has 1 N–H and O–H groups in total. The zero-order valence-corrected chi connectivity index (χ0v) is 11.7. The van der Waals surface area contributed by atoms with Crippen LogP contribution in [0.25, 0.3) is 0 Å². The Kier molecular flexibility index (Phi) is 4.57. The van der Waals surface area contributed by atoms with Crippen LogP contribution in [0.2, 0.25) is 0 Å². The number of carbonyl (C=O) groups is 1. The van der Waals surface area contributed by atoms with E-state index in [4.69, 9.17) is 4.42 Å². The molecule has 1 aromatic rings. The summed E-state index contributed by atoms with van der Waals surface area (Å²) in [5.41, 5.74) is 0.124. The summed E-state index contributed by atoms with van der Waals surface area (Å²) >= 11 is 0. The molecule has 0 saturated carbocycles. The topological polar surface area (TPSA) is 59.7 Å². The smallest absolute Gasteiger partial charge is 0.373 e. The normalized spacial score (nSPS) is 15.2. The third kappa shape index (κ3) is 3.60. The van der Waals surface area contributed by atoms with E-state index in [1.165, 1.54) is 13.2 Å². The van der Waals surface area contributed by atoms with Gasteiger partial charge in [-0.05, 0) is 29.9 Å². The molecule has 1 aromatic heterocycles. The Bertz CT molecular complexity index is 400. The van der Waals surface area contributed by atoms with Gasteiger partial charge in [-0.15, -0.1) is 0 Å². The minimum absolute atomic E-state index is 0.120. The molecule has 0 aliphatic carbocycles. The molecule has 0 amide bonds. The van der Waals surface area contributed by atoms with Gasteiger partial charge in [0.15, 0.2) is 0 Å².